The van der Waals surface area contributed by atoms with Crippen molar-refractivity contribution in [3.63, 3.8) is 0 Å². The van der Waals surface area contributed by atoms with Gasteiger partial charge in [-0.1, -0.05) is 0 Å². The molecule has 0 aliphatic heterocycles. The third-order valence-electron chi connectivity index (χ3n) is 2.71. The van der Waals surface area contributed by atoms with Gasteiger partial charge in [0.15, 0.2) is 0 Å². The topological polar surface area (TPSA) is 58.4 Å². The second-order valence-electron chi connectivity index (χ2n) is 4.14. The molecule has 1 rings (SSSR count). The fourth-order valence-corrected chi connectivity index (χ4v) is 1.78. The smallest absolute Gasteiger partial charge is 0.244 e. The molecule has 0 saturated carbocycles. The first kappa shape index (κ1) is 13.7. The van der Waals surface area contributed by atoms with Crippen LogP contribution in [0, 0.1) is 13.8 Å². The van der Waals surface area contributed by atoms with Gasteiger partial charge in [-0.25, -0.2) is 0 Å². The number of likely N-dealkylation sites (N-methyl/N-ethyl adjacent to an activating group) is 1. The lowest BCUT2D eigenvalue weighted by atomic mass is 10.3. The lowest BCUT2D eigenvalue weighted by Crippen LogP contribution is -2.35. The van der Waals surface area contributed by atoms with Crippen LogP contribution in [0.5, 0.6) is 0 Å². The van der Waals surface area contributed by atoms with Gasteiger partial charge in [0.05, 0.1) is 5.69 Å². The van der Waals surface area contributed by atoms with E-state index in [0.29, 0.717) is 19.5 Å². The molecule has 0 aromatic carbocycles. The van der Waals surface area contributed by atoms with Crippen LogP contribution in [0.25, 0.3) is 0 Å². The maximum Gasteiger partial charge on any atom is 0.244 e. The fraction of sp³-hybridized carbons (Fsp3) is 0.667. The van der Waals surface area contributed by atoms with Gasteiger partial charge in [-0.3, -0.25) is 9.48 Å². The molecule has 0 fully saturated rings. The second kappa shape index (κ2) is 6.39. The fourth-order valence-electron chi connectivity index (χ4n) is 1.78. The van der Waals surface area contributed by atoms with Crippen molar-refractivity contribution in [2.75, 3.05) is 19.7 Å². The van der Waals surface area contributed by atoms with E-state index in [1.807, 2.05) is 26.8 Å². The molecule has 0 bridgehead atoms. The van der Waals surface area contributed by atoms with Gasteiger partial charge in [-0.05, 0) is 33.3 Å². The van der Waals surface area contributed by atoms with Crippen LogP contribution in [0.15, 0.2) is 6.07 Å². The number of aryl methyl sites for hydroxylation is 2. The molecule has 96 valence electrons. The first-order chi connectivity index (χ1) is 8.08. The Kier molecular flexibility index (Phi) is 5.15. The Labute approximate surface area is 102 Å². The number of hydrogen-bond donors (Lipinski definition) is 1. The third-order valence-corrected chi connectivity index (χ3v) is 2.71. The quantitative estimate of drug-likeness (QED) is 0.796. The molecule has 0 aliphatic rings. The maximum absolute atomic E-state index is 12.0. The minimum Gasteiger partial charge on any atom is -0.396 e. The third kappa shape index (κ3) is 3.85. The molecule has 1 N–H and O–H groups in total. The van der Waals surface area contributed by atoms with Crippen molar-refractivity contribution >= 4 is 5.91 Å². The Hall–Kier alpha value is -1.36. The van der Waals surface area contributed by atoms with Gasteiger partial charge in [-0.15, -0.1) is 0 Å². The standard InChI is InChI=1S/C12H21N3O2/c1-4-14(6-5-7-16)12(17)9-15-11(3)8-10(2)13-15/h8,16H,4-7,9H2,1-3H3. The predicted octanol–water partition coefficient (Wildman–Crippen LogP) is 0.731. The molecule has 0 atom stereocenters. The Bertz CT molecular complexity index is 374. The first-order valence-corrected chi connectivity index (χ1v) is 5.98. The monoisotopic (exact) mass is 239 g/mol. The van der Waals surface area contributed by atoms with E-state index in [1.54, 1.807) is 9.58 Å². The summed E-state index contributed by atoms with van der Waals surface area (Å²) < 4.78 is 1.72. The summed E-state index contributed by atoms with van der Waals surface area (Å²) in [5.41, 5.74) is 1.92. The van der Waals surface area contributed by atoms with Crippen LogP contribution in [0.3, 0.4) is 0 Å². The zero-order chi connectivity index (χ0) is 12.8. The lowest BCUT2D eigenvalue weighted by molar-refractivity contribution is -0.132. The highest BCUT2D eigenvalue weighted by atomic mass is 16.3. The van der Waals surface area contributed by atoms with E-state index in [0.717, 1.165) is 11.4 Å². The van der Waals surface area contributed by atoms with Gasteiger partial charge in [0.2, 0.25) is 5.91 Å². The van der Waals surface area contributed by atoms with Gasteiger partial charge in [0, 0.05) is 25.4 Å². The highest BCUT2D eigenvalue weighted by Gasteiger charge is 2.13. The van der Waals surface area contributed by atoms with Gasteiger partial charge < -0.3 is 10.0 Å². The van der Waals surface area contributed by atoms with Crippen LogP contribution in [0.2, 0.25) is 0 Å². The Morgan fingerprint density at radius 1 is 1.53 bits per heavy atom. The number of amides is 1. The molecule has 1 heterocycles. The van der Waals surface area contributed by atoms with E-state index < -0.39 is 0 Å². The number of hydrogen-bond acceptors (Lipinski definition) is 3. The summed E-state index contributed by atoms with van der Waals surface area (Å²) in [4.78, 5) is 13.7. The maximum atomic E-state index is 12.0. The van der Waals surface area contributed by atoms with Crippen LogP contribution >= 0.6 is 0 Å². The van der Waals surface area contributed by atoms with Crippen molar-refractivity contribution in [3.05, 3.63) is 17.5 Å². The summed E-state index contributed by atoms with van der Waals surface area (Å²) in [6.45, 7) is 7.46. The van der Waals surface area contributed by atoms with Gasteiger partial charge in [0.1, 0.15) is 6.54 Å². The molecule has 0 unspecified atom stereocenters. The van der Waals surface area contributed by atoms with Crippen LogP contribution in [-0.4, -0.2) is 45.4 Å². The van der Waals surface area contributed by atoms with Crippen molar-refractivity contribution in [2.24, 2.45) is 0 Å². The van der Waals surface area contributed by atoms with Crippen LogP contribution in [0.4, 0.5) is 0 Å². The average Bonchev–Trinajstić information content (AvgIpc) is 2.58. The van der Waals surface area contributed by atoms with Gasteiger partial charge >= 0.3 is 0 Å². The average molecular weight is 239 g/mol. The SMILES string of the molecule is CCN(CCCO)C(=O)Cn1nc(C)cc1C. The predicted molar refractivity (Wildman–Crippen MR) is 65.7 cm³/mol. The molecule has 0 spiro atoms. The largest absolute Gasteiger partial charge is 0.396 e. The van der Waals surface area contributed by atoms with Crippen molar-refractivity contribution in [1.82, 2.24) is 14.7 Å². The molecule has 17 heavy (non-hydrogen) atoms. The van der Waals surface area contributed by atoms with E-state index in [1.165, 1.54) is 0 Å². The second-order valence-corrected chi connectivity index (χ2v) is 4.14. The zero-order valence-electron chi connectivity index (χ0n) is 10.8. The summed E-state index contributed by atoms with van der Waals surface area (Å²) >= 11 is 0. The minimum atomic E-state index is 0.0483. The van der Waals surface area contributed by atoms with E-state index >= 15 is 0 Å². The summed E-state index contributed by atoms with van der Waals surface area (Å²) in [6, 6.07) is 1.96. The number of nitrogens with zero attached hydrogens (tertiary/aromatic N) is 3. The number of aliphatic hydroxyl groups excluding tert-OH is 1. The highest BCUT2D eigenvalue weighted by Crippen LogP contribution is 2.03. The van der Waals surface area contributed by atoms with Crippen molar-refractivity contribution in [1.29, 1.82) is 0 Å². The van der Waals surface area contributed by atoms with E-state index in [9.17, 15) is 4.79 Å². The highest BCUT2D eigenvalue weighted by molar-refractivity contribution is 5.75. The van der Waals surface area contributed by atoms with Gasteiger partial charge in [-0.2, -0.15) is 5.10 Å². The Morgan fingerprint density at radius 2 is 2.24 bits per heavy atom. The number of aromatic nitrogens is 2. The van der Waals surface area contributed by atoms with Crippen LogP contribution in [-0.2, 0) is 11.3 Å². The molecule has 0 radical (unpaired) electrons. The summed E-state index contributed by atoms with van der Waals surface area (Å²) in [5.74, 6) is 0.0483. The molecule has 0 saturated heterocycles. The molecule has 5 nitrogen and oxygen atoms in total. The normalized spacial score (nSPS) is 10.6. The summed E-state index contributed by atoms with van der Waals surface area (Å²) in [5, 5.41) is 13.0. The van der Waals surface area contributed by atoms with Crippen molar-refractivity contribution in [3.8, 4) is 0 Å². The molecule has 1 aromatic rings. The molecule has 5 heteroatoms. The van der Waals surface area contributed by atoms with Crippen LogP contribution < -0.4 is 0 Å². The van der Waals surface area contributed by atoms with Crippen molar-refractivity contribution in [2.45, 2.75) is 33.7 Å². The summed E-state index contributed by atoms with van der Waals surface area (Å²) in [6.07, 6.45) is 0.622. The zero-order valence-corrected chi connectivity index (χ0v) is 10.8. The van der Waals surface area contributed by atoms with E-state index in [2.05, 4.69) is 5.10 Å². The van der Waals surface area contributed by atoms with Crippen molar-refractivity contribution < 1.29 is 9.90 Å². The lowest BCUT2D eigenvalue weighted by Gasteiger charge is -2.20. The van der Waals surface area contributed by atoms with E-state index in [4.69, 9.17) is 5.11 Å². The Balaban J connectivity index is 2.60. The van der Waals surface area contributed by atoms with Gasteiger partial charge in [0.25, 0.3) is 0 Å². The molecular formula is C12H21N3O2. The first-order valence-electron chi connectivity index (χ1n) is 5.98. The molecule has 1 aromatic heterocycles. The Morgan fingerprint density at radius 3 is 2.71 bits per heavy atom. The minimum absolute atomic E-state index is 0.0483. The molecule has 0 aliphatic carbocycles. The summed E-state index contributed by atoms with van der Waals surface area (Å²) in [7, 11) is 0. The molecule has 1 amide bonds. The number of carbonyl (C=O) groups excluding carboxylic acids is 1. The van der Waals surface area contributed by atoms with E-state index in [-0.39, 0.29) is 19.1 Å². The molecular weight excluding hydrogens is 218 g/mol. The number of aliphatic hydroxyl groups is 1. The number of rotatable bonds is 6. The van der Waals surface area contributed by atoms with Crippen LogP contribution in [0.1, 0.15) is 24.7 Å². The number of carbonyl (C=O) groups is 1.